The van der Waals surface area contributed by atoms with Crippen molar-refractivity contribution in [1.82, 2.24) is 0 Å². The number of ether oxygens (including phenoxy) is 4. The zero-order valence-corrected chi connectivity index (χ0v) is 19.6. The maximum Gasteiger partial charge on any atom is 0.164 e. The Bertz CT molecular complexity index is 1060. The maximum absolute atomic E-state index is 7.05. The lowest BCUT2D eigenvalue weighted by atomic mass is 9.80. The minimum absolute atomic E-state index is 0.0272. The first kappa shape index (κ1) is 21.8. The van der Waals surface area contributed by atoms with Crippen molar-refractivity contribution in [2.24, 2.45) is 5.92 Å². The van der Waals surface area contributed by atoms with E-state index in [4.69, 9.17) is 18.9 Å². The van der Waals surface area contributed by atoms with Crippen LogP contribution < -0.4 is 0 Å². The van der Waals surface area contributed by atoms with Gasteiger partial charge in [-0.1, -0.05) is 97.1 Å². The Labute approximate surface area is 201 Å². The zero-order valence-electron chi connectivity index (χ0n) is 19.6. The van der Waals surface area contributed by atoms with Crippen molar-refractivity contribution < 1.29 is 18.9 Å². The molecule has 0 unspecified atom stereocenters. The van der Waals surface area contributed by atoms with E-state index in [1.165, 1.54) is 0 Å². The van der Waals surface area contributed by atoms with Crippen molar-refractivity contribution in [2.45, 2.75) is 43.5 Å². The van der Waals surface area contributed by atoms with Crippen LogP contribution in [0.4, 0.5) is 0 Å². The molecule has 2 aliphatic heterocycles. The Kier molecular flexibility index (Phi) is 5.42. The van der Waals surface area contributed by atoms with Gasteiger partial charge in [-0.05, 0) is 36.1 Å². The van der Waals surface area contributed by atoms with Gasteiger partial charge in [-0.25, -0.2) is 0 Å². The first-order valence-corrected chi connectivity index (χ1v) is 12.1. The van der Waals surface area contributed by atoms with E-state index >= 15 is 0 Å². The summed E-state index contributed by atoms with van der Waals surface area (Å²) >= 11 is 0. The summed E-state index contributed by atoms with van der Waals surface area (Å²) in [5, 5.41) is 0. The van der Waals surface area contributed by atoms with E-state index in [0.29, 0.717) is 6.61 Å². The average Bonchev–Trinajstić information content (AvgIpc) is 3.59. The summed E-state index contributed by atoms with van der Waals surface area (Å²) in [7, 11) is 0. The standard InChI is InChI=1S/C30H30O4/c1-29(2)33-27-21(18-25(26-20-31-26)28(27)34-29)19-32-30(22-12-6-3-7-13-22,23-14-8-4-9-15-23)24-16-10-5-11-17-24/h3-18,25-28H,19-20H2,1-2H3/t25-,26+,27+,28-/m0/s1. The smallest absolute Gasteiger partial charge is 0.164 e. The SMILES string of the molecule is CC1(C)O[C@H]2[C@H]([C@H]3CO3)C=C(COC(c3ccccc3)(c3ccccc3)c3ccccc3)[C@H]2O1. The summed E-state index contributed by atoms with van der Waals surface area (Å²) in [6.07, 6.45) is 2.34. The molecule has 2 fully saturated rings. The van der Waals surface area contributed by atoms with Crippen molar-refractivity contribution in [1.29, 1.82) is 0 Å². The van der Waals surface area contributed by atoms with E-state index in [0.717, 1.165) is 28.9 Å². The molecule has 0 saturated carbocycles. The summed E-state index contributed by atoms with van der Waals surface area (Å²) in [6.45, 7) is 5.18. The number of benzene rings is 3. The first-order valence-electron chi connectivity index (χ1n) is 12.1. The zero-order chi connectivity index (χ0) is 23.2. The highest BCUT2D eigenvalue weighted by atomic mass is 16.8. The van der Waals surface area contributed by atoms with Crippen LogP contribution in [0.3, 0.4) is 0 Å². The molecule has 0 radical (unpaired) electrons. The van der Waals surface area contributed by atoms with Crippen LogP contribution in [0.15, 0.2) is 103 Å². The van der Waals surface area contributed by atoms with E-state index in [1.807, 2.05) is 32.0 Å². The normalized spacial score (nSPS) is 27.3. The van der Waals surface area contributed by atoms with Crippen molar-refractivity contribution >= 4 is 0 Å². The fraction of sp³-hybridized carbons (Fsp3) is 0.333. The number of hydrogen-bond acceptors (Lipinski definition) is 4. The fourth-order valence-corrected chi connectivity index (χ4v) is 5.48. The molecule has 4 heteroatoms. The monoisotopic (exact) mass is 454 g/mol. The summed E-state index contributed by atoms with van der Waals surface area (Å²) in [5.41, 5.74) is 3.64. The molecule has 3 aromatic rings. The molecular weight excluding hydrogens is 424 g/mol. The van der Waals surface area contributed by atoms with Gasteiger partial charge in [0, 0.05) is 5.92 Å². The van der Waals surface area contributed by atoms with Gasteiger partial charge in [0.05, 0.1) is 25.4 Å². The molecule has 4 nitrogen and oxygen atoms in total. The van der Waals surface area contributed by atoms with Crippen LogP contribution in [-0.4, -0.2) is 37.3 Å². The van der Waals surface area contributed by atoms with Crippen molar-refractivity contribution in [2.75, 3.05) is 13.2 Å². The molecule has 0 N–H and O–H groups in total. The van der Waals surface area contributed by atoms with Gasteiger partial charge < -0.3 is 18.9 Å². The Hall–Kier alpha value is -2.76. The van der Waals surface area contributed by atoms with Crippen molar-refractivity contribution in [3.63, 3.8) is 0 Å². The lowest BCUT2D eigenvalue weighted by Crippen LogP contribution is -2.35. The number of hydrogen-bond donors (Lipinski definition) is 0. The lowest BCUT2D eigenvalue weighted by Gasteiger charge is -2.36. The summed E-state index contributed by atoms with van der Waals surface area (Å²) in [4.78, 5) is 0. The second-order valence-electron chi connectivity index (χ2n) is 9.78. The molecule has 1 aliphatic carbocycles. The van der Waals surface area contributed by atoms with Crippen LogP contribution in [-0.2, 0) is 24.5 Å². The third kappa shape index (κ3) is 3.81. The minimum atomic E-state index is -0.761. The van der Waals surface area contributed by atoms with E-state index in [2.05, 4.69) is 78.9 Å². The van der Waals surface area contributed by atoms with Crippen LogP contribution in [0, 0.1) is 5.92 Å². The second kappa shape index (κ2) is 8.47. The van der Waals surface area contributed by atoms with Crippen LogP contribution >= 0.6 is 0 Å². The molecule has 0 amide bonds. The number of rotatable bonds is 7. The highest BCUT2D eigenvalue weighted by Gasteiger charge is 2.54. The van der Waals surface area contributed by atoms with Gasteiger partial charge >= 0.3 is 0 Å². The van der Waals surface area contributed by atoms with Gasteiger partial charge in [0.25, 0.3) is 0 Å². The third-order valence-corrected chi connectivity index (χ3v) is 7.07. The average molecular weight is 455 g/mol. The predicted octanol–water partition coefficient (Wildman–Crippen LogP) is 5.47. The molecule has 6 rings (SSSR count). The van der Waals surface area contributed by atoms with E-state index < -0.39 is 11.4 Å². The highest BCUT2D eigenvalue weighted by Crippen LogP contribution is 2.47. The van der Waals surface area contributed by atoms with Gasteiger partial charge in [0.1, 0.15) is 11.7 Å². The molecule has 0 bridgehead atoms. The molecular formula is C30H30O4. The Morgan fingerprint density at radius 2 is 1.29 bits per heavy atom. The van der Waals surface area contributed by atoms with Gasteiger partial charge in [-0.15, -0.1) is 0 Å². The van der Waals surface area contributed by atoms with Gasteiger partial charge in [-0.2, -0.15) is 0 Å². The van der Waals surface area contributed by atoms with Crippen molar-refractivity contribution in [3.05, 3.63) is 119 Å². The largest absolute Gasteiger partial charge is 0.372 e. The Morgan fingerprint density at radius 3 is 1.76 bits per heavy atom. The second-order valence-corrected chi connectivity index (χ2v) is 9.78. The number of epoxide rings is 1. The van der Waals surface area contributed by atoms with E-state index in [-0.39, 0.29) is 24.2 Å². The van der Waals surface area contributed by atoms with Crippen LogP contribution in [0.25, 0.3) is 0 Å². The van der Waals surface area contributed by atoms with Crippen LogP contribution in [0.2, 0.25) is 0 Å². The van der Waals surface area contributed by atoms with Crippen LogP contribution in [0.1, 0.15) is 30.5 Å². The minimum Gasteiger partial charge on any atom is -0.372 e. The maximum atomic E-state index is 7.05. The Morgan fingerprint density at radius 1 is 0.794 bits per heavy atom. The molecule has 34 heavy (non-hydrogen) atoms. The molecule has 3 aromatic carbocycles. The quantitative estimate of drug-likeness (QED) is 0.270. The summed E-state index contributed by atoms with van der Waals surface area (Å²) in [6, 6.07) is 31.4. The van der Waals surface area contributed by atoms with Gasteiger partial charge in [-0.3, -0.25) is 0 Å². The third-order valence-electron chi connectivity index (χ3n) is 7.07. The molecule has 4 atom stereocenters. The Balaban J connectivity index is 1.42. The van der Waals surface area contributed by atoms with Crippen molar-refractivity contribution in [3.8, 4) is 0 Å². The van der Waals surface area contributed by atoms with Gasteiger partial charge in [0.15, 0.2) is 5.79 Å². The summed E-state index contributed by atoms with van der Waals surface area (Å²) < 4.78 is 25.3. The lowest BCUT2D eigenvalue weighted by molar-refractivity contribution is -0.149. The van der Waals surface area contributed by atoms with E-state index in [1.54, 1.807) is 0 Å². The first-order chi connectivity index (χ1) is 16.6. The number of fused-ring (bicyclic) bond motifs is 1. The van der Waals surface area contributed by atoms with E-state index in [9.17, 15) is 0 Å². The predicted molar refractivity (Wildman–Crippen MR) is 130 cm³/mol. The van der Waals surface area contributed by atoms with Gasteiger partial charge in [0.2, 0.25) is 0 Å². The van der Waals surface area contributed by atoms with Crippen LogP contribution in [0.5, 0.6) is 0 Å². The molecule has 2 saturated heterocycles. The molecule has 3 aliphatic rings. The summed E-state index contributed by atoms with van der Waals surface area (Å²) in [5.74, 6) is -0.415. The fourth-order valence-electron chi connectivity index (χ4n) is 5.48. The molecule has 174 valence electrons. The molecule has 2 heterocycles. The molecule has 0 spiro atoms. The molecule has 0 aromatic heterocycles. The topological polar surface area (TPSA) is 40.2 Å². The highest BCUT2D eigenvalue weighted by molar-refractivity contribution is 5.47.